The molecule has 0 aliphatic carbocycles. The van der Waals surface area contributed by atoms with Crippen LogP contribution < -0.4 is 0 Å². The van der Waals surface area contributed by atoms with Crippen LogP contribution in [0.4, 0.5) is 0 Å². The van der Waals surface area contributed by atoms with Gasteiger partial charge in [-0.25, -0.2) is 0 Å². The van der Waals surface area contributed by atoms with Crippen LogP contribution in [0.5, 0.6) is 0 Å². The number of carbonyl (C=O) groups excluding carboxylic acids is 1. The molecule has 0 aliphatic rings. The molecule has 0 aromatic rings. The zero-order valence-electron chi connectivity index (χ0n) is 15.9. The van der Waals surface area contributed by atoms with Crippen LogP contribution in [0, 0.1) is 20.2 Å². The topological polar surface area (TPSA) is 144 Å². The molecular weight excluding hydrogens is 356 g/mol. The van der Waals surface area contributed by atoms with Gasteiger partial charge in [-0.1, -0.05) is 38.3 Å². The van der Waals surface area contributed by atoms with Gasteiger partial charge in [-0.3, -0.25) is 25.0 Å². The van der Waals surface area contributed by atoms with Crippen LogP contribution in [0.1, 0.15) is 71.1 Å². The molecule has 0 fully saturated rings. The molecule has 0 aromatic carbocycles. The molecule has 1 radical (unpaired) electrons. The van der Waals surface area contributed by atoms with E-state index in [1.807, 2.05) is 6.08 Å². The van der Waals surface area contributed by atoms with E-state index in [1.54, 1.807) is 12.4 Å². The van der Waals surface area contributed by atoms with Crippen LogP contribution in [0.15, 0.2) is 12.2 Å². The van der Waals surface area contributed by atoms with E-state index in [0.29, 0.717) is 12.8 Å². The van der Waals surface area contributed by atoms with Crippen LogP contribution >= 0.6 is 0 Å². The van der Waals surface area contributed by atoms with E-state index in [2.05, 4.69) is 6.92 Å². The highest BCUT2D eigenvalue weighted by molar-refractivity contribution is 5.50. The number of aliphatic hydroxyl groups excluding tert-OH is 2. The summed E-state index contributed by atoms with van der Waals surface area (Å²) in [5.74, 6) is 0. The van der Waals surface area contributed by atoms with Crippen molar-refractivity contribution in [3.05, 3.63) is 32.4 Å². The lowest BCUT2D eigenvalue weighted by molar-refractivity contribution is -0.553. The molecule has 155 valence electrons. The van der Waals surface area contributed by atoms with Crippen molar-refractivity contribution >= 4 is 6.29 Å². The van der Waals surface area contributed by atoms with Gasteiger partial charge >= 0.3 is 0 Å². The zero-order valence-corrected chi connectivity index (χ0v) is 15.9. The molecule has 0 amide bonds. The summed E-state index contributed by atoms with van der Waals surface area (Å²) in [6.07, 6.45) is 6.80. The second-order valence-electron chi connectivity index (χ2n) is 6.67. The minimum atomic E-state index is -1.53. The monoisotopic (exact) mass is 387 g/mol. The van der Waals surface area contributed by atoms with Crippen molar-refractivity contribution in [1.29, 1.82) is 0 Å². The van der Waals surface area contributed by atoms with Gasteiger partial charge in [-0.2, -0.15) is 0 Å². The maximum atomic E-state index is 11.2. The smallest absolute Gasteiger partial charge is 0.242 e. The summed E-state index contributed by atoms with van der Waals surface area (Å²) in [6, 6.07) is -2.84. The lowest BCUT2D eigenvalue weighted by Gasteiger charge is -2.20. The molecule has 0 heterocycles. The van der Waals surface area contributed by atoms with Crippen LogP contribution in [-0.4, -0.2) is 50.6 Å². The first kappa shape index (κ1) is 25.1. The van der Waals surface area contributed by atoms with Crippen LogP contribution in [-0.2, 0) is 4.79 Å². The molecule has 0 aliphatic heterocycles. The third-order valence-corrected chi connectivity index (χ3v) is 4.46. The summed E-state index contributed by atoms with van der Waals surface area (Å²) in [5, 5.41) is 42.6. The summed E-state index contributed by atoms with van der Waals surface area (Å²) >= 11 is 0. The first-order valence-electron chi connectivity index (χ1n) is 9.48. The standard InChI is InChI=1S/C18H31N2O7/c1-2-3-4-5-6-8-11-15(19(24)25)18(23)14-16(20(26)27)17(22)12-9-7-10-13-21/h6,8,15-18,22-23H,2-5,7,9-12,14H2,1H3/b8-6-. The first-order valence-corrected chi connectivity index (χ1v) is 9.48. The van der Waals surface area contributed by atoms with Crippen molar-refractivity contribution in [2.75, 3.05) is 0 Å². The van der Waals surface area contributed by atoms with Crippen LogP contribution in [0.3, 0.4) is 0 Å². The Labute approximate surface area is 159 Å². The fourth-order valence-corrected chi connectivity index (χ4v) is 2.78. The molecule has 0 spiro atoms. The third-order valence-electron chi connectivity index (χ3n) is 4.46. The van der Waals surface area contributed by atoms with Gasteiger partial charge in [0.25, 0.3) is 0 Å². The molecule has 4 atom stereocenters. The molecule has 9 heteroatoms. The van der Waals surface area contributed by atoms with Gasteiger partial charge in [0, 0.05) is 22.7 Å². The van der Waals surface area contributed by atoms with Crippen molar-refractivity contribution in [2.24, 2.45) is 0 Å². The molecule has 0 saturated carbocycles. The molecule has 27 heavy (non-hydrogen) atoms. The molecule has 0 saturated heterocycles. The van der Waals surface area contributed by atoms with Crippen molar-refractivity contribution in [3.8, 4) is 0 Å². The van der Waals surface area contributed by atoms with Gasteiger partial charge in [0.2, 0.25) is 12.1 Å². The first-order chi connectivity index (χ1) is 12.8. The largest absolute Gasteiger partial charge is 0.386 e. The Kier molecular flexibility index (Phi) is 14.2. The van der Waals surface area contributed by atoms with E-state index < -0.39 is 40.6 Å². The summed E-state index contributed by atoms with van der Waals surface area (Å²) in [6.45, 7) is 2.07. The Balaban J connectivity index is 4.69. The average molecular weight is 387 g/mol. The second kappa shape index (κ2) is 15.2. The van der Waals surface area contributed by atoms with E-state index in [1.165, 1.54) is 0 Å². The van der Waals surface area contributed by atoms with E-state index in [-0.39, 0.29) is 19.3 Å². The van der Waals surface area contributed by atoms with E-state index in [9.17, 15) is 35.2 Å². The highest BCUT2D eigenvalue weighted by Gasteiger charge is 2.38. The van der Waals surface area contributed by atoms with Crippen molar-refractivity contribution < 1.29 is 24.9 Å². The van der Waals surface area contributed by atoms with Crippen molar-refractivity contribution in [2.45, 2.75) is 95.4 Å². The summed E-state index contributed by atoms with van der Waals surface area (Å²) in [7, 11) is 0. The van der Waals surface area contributed by atoms with Crippen molar-refractivity contribution in [3.63, 3.8) is 0 Å². The number of nitro groups is 2. The van der Waals surface area contributed by atoms with Crippen LogP contribution in [0.25, 0.3) is 0 Å². The summed E-state index contributed by atoms with van der Waals surface area (Å²) < 4.78 is 0. The second-order valence-corrected chi connectivity index (χ2v) is 6.67. The van der Waals surface area contributed by atoms with Crippen molar-refractivity contribution in [1.82, 2.24) is 0 Å². The maximum absolute atomic E-state index is 11.2. The SMILES string of the molecule is CCCCC/C=C\CC(C(O)CC(C(O)CCCC[C]=O)[N+](=O)[O-])[N+](=O)[O-]. The fourth-order valence-electron chi connectivity index (χ4n) is 2.78. The lowest BCUT2D eigenvalue weighted by atomic mass is 9.95. The average Bonchev–Trinajstić information content (AvgIpc) is 2.61. The minimum absolute atomic E-state index is 0.0179. The van der Waals surface area contributed by atoms with Gasteiger partial charge in [-0.15, -0.1) is 0 Å². The predicted molar refractivity (Wildman–Crippen MR) is 100 cm³/mol. The molecular formula is C18H31N2O7. The number of aliphatic hydroxyl groups is 2. The molecule has 0 aromatic heterocycles. The fraction of sp³-hybridized carbons (Fsp3) is 0.833. The Hall–Kier alpha value is -1.87. The number of hydrogen-bond acceptors (Lipinski definition) is 7. The molecule has 4 unspecified atom stereocenters. The number of rotatable bonds is 17. The van der Waals surface area contributed by atoms with E-state index in [4.69, 9.17) is 0 Å². The van der Waals surface area contributed by atoms with E-state index >= 15 is 0 Å². The summed E-state index contributed by atoms with van der Waals surface area (Å²) in [5.41, 5.74) is 0. The van der Waals surface area contributed by atoms with Gasteiger partial charge in [0.15, 0.2) is 6.29 Å². The lowest BCUT2D eigenvalue weighted by Crippen LogP contribution is -2.42. The van der Waals surface area contributed by atoms with E-state index in [0.717, 1.165) is 25.7 Å². The molecule has 2 N–H and O–H groups in total. The quantitative estimate of drug-likeness (QED) is 0.169. The third kappa shape index (κ3) is 11.4. The Morgan fingerprint density at radius 2 is 1.63 bits per heavy atom. The Morgan fingerprint density at radius 3 is 2.19 bits per heavy atom. The summed E-state index contributed by atoms with van der Waals surface area (Å²) in [4.78, 5) is 31.2. The number of hydrogen-bond donors (Lipinski definition) is 2. The zero-order chi connectivity index (χ0) is 20.7. The highest BCUT2D eigenvalue weighted by Crippen LogP contribution is 2.18. The minimum Gasteiger partial charge on any atom is -0.386 e. The predicted octanol–water partition coefficient (Wildman–Crippen LogP) is 2.59. The van der Waals surface area contributed by atoms with Gasteiger partial charge in [0.1, 0.15) is 12.2 Å². The van der Waals surface area contributed by atoms with Crippen LogP contribution in [0.2, 0.25) is 0 Å². The number of nitrogens with zero attached hydrogens (tertiary/aromatic N) is 2. The highest BCUT2D eigenvalue weighted by atomic mass is 16.6. The Bertz CT molecular complexity index is 471. The Morgan fingerprint density at radius 1 is 0.963 bits per heavy atom. The molecule has 0 rings (SSSR count). The van der Waals surface area contributed by atoms with Gasteiger partial charge in [-0.05, 0) is 25.7 Å². The van der Waals surface area contributed by atoms with Gasteiger partial charge in [0.05, 0.1) is 6.42 Å². The normalized spacial score (nSPS) is 16.0. The number of unbranched alkanes of at least 4 members (excludes halogenated alkanes) is 5. The molecule has 0 bridgehead atoms. The maximum Gasteiger partial charge on any atom is 0.242 e. The number of allylic oxidation sites excluding steroid dienone is 1. The molecule has 9 nitrogen and oxygen atoms in total. The van der Waals surface area contributed by atoms with Gasteiger partial charge < -0.3 is 10.2 Å².